The fourth-order valence-electron chi connectivity index (χ4n) is 2.09. The highest BCUT2D eigenvalue weighted by molar-refractivity contribution is 5.70. The van der Waals surface area contributed by atoms with Gasteiger partial charge in [-0.15, -0.1) is 0 Å². The van der Waals surface area contributed by atoms with Crippen LogP contribution in [-0.2, 0) is 16.0 Å². The summed E-state index contributed by atoms with van der Waals surface area (Å²) in [6.07, 6.45) is -0.559. The summed E-state index contributed by atoms with van der Waals surface area (Å²) in [6, 6.07) is 1.76. The van der Waals surface area contributed by atoms with Gasteiger partial charge in [-0.1, -0.05) is 0 Å². The standard InChI is InChI=1S/C14H17F2NO4/c15-11-9-13(12(16)7-10(11)8-14(18)19)21-6-3-17-1-4-20-5-2-17/h7,9H,1-6,8H2,(H,18,19). The predicted octanol–water partition coefficient (Wildman–Crippen LogP) is 1.30. The minimum atomic E-state index is -1.21. The maximum absolute atomic E-state index is 13.7. The van der Waals surface area contributed by atoms with E-state index in [4.69, 9.17) is 14.6 Å². The second-order valence-electron chi connectivity index (χ2n) is 4.75. The lowest BCUT2D eigenvalue weighted by atomic mass is 10.1. The topological polar surface area (TPSA) is 59.0 Å². The van der Waals surface area contributed by atoms with E-state index in [1.54, 1.807) is 0 Å². The number of nitrogens with zero attached hydrogens (tertiary/aromatic N) is 1. The monoisotopic (exact) mass is 301 g/mol. The Bertz CT molecular complexity index is 504. The molecule has 116 valence electrons. The Balaban J connectivity index is 1.90. The zero-order valence-electron chi connectivity index (χ0n) is 11.5. The number of carbonyl (C=O) groups is 1. The number of morpholine rings is 1. The van der Waals surface area contributed by atoms with Crippen molar-refractivity contribution in [1.82, 2.24) is 4.90 Å². The largest absolute Gasteiger partial charge is 0.489 e. The van der Waals surface area contributed by atoms with E-state index in [9.17, 15) is 13.6 Å². The first kappa shape index (κ1) is 15.7. The summed E-state index contributed by atoms with van der Waals surface area (Å²) in [5.74, 6) is -2.95. The normalized spacial score (nSPS) is 15.9. The molecule has 0 radical (unpaired) electrons. The second-order valence-corrected chi connectivity index (χ2v) is 4.75. The molecule has 0 aromatic heterocycles. The van der Waals surface area contributed by atoms with Gasteiger partial charge in [0.2, 0.25) is 0 Å². The average Bonchev–Trinajstić information content (AvgIpc) is 2.44. The van der Waals surface area contributed by atoms with Gasteiger partial charge in [0.1, 0.15) is 12.4 Å². The Labute approximate surface area is 121 Å². The molecule has 21 heavy (non-hydrogen) atoms. The van der Waals surface area contributed by atoms with Crippen molar-refractivity contribution >= 4 is 5.97 Å². The van der Waals surface area contributed by atoms with Gasteiger partial charge in [-0.05, 0) is 6.07 Å². The van der Waals surface area contributed by atoms with Crippen LogP contribution in [0.15, 0.2) is 12.1 Å². The third-order valence-electron chi connectivity index (χ3n) is 3.21. The van der Waals surface area contributed by atoms with Crippen LogP contribution in [0.1, 0.15) is 5.56 Å². The first-order valence-corrected chi connectivity index (χ1v) is 6.69. The Hall–Kier alpha value is -1.73. The molecule has 0 spiro atoms. The molecule has 0 amide bonds. The number of rotatable bonds is 6. The van der Waals surface area contributed by atoms with Crippen molar-refractivity contribution in [1.29, 1.82) is 0 Å². The van der Waals surface area contributed by atoms with Gasteiger partial charge < -0.3 is 14.6 Å². The Morgan fingerprint density at radius 3 is 2.67 bits per heavy atom. The van der Waals surface area contributed by atoms with E-state index in [1.807, 2.05) is 0 Å². The van der Waals surface area contributed by atoms with Crippen molar-refractivity contribution in [3.63, 3.8) is 0 Å². The van der Waals surface area contributed by atoms with Gasteiger partial charge in [0.05, 0.1) is 19.6 Å². The lowest BCUT2D eigenvalue weighted by molar-refractivity contribution is -0.136. The molecule has 0 bridgehead atoms. The summed E-state index contributed by atoms with van der Waals surface area (Å²) in [6.45, 7) is 3.73. The summed E-state index contributed by atoms with van der Waals surface area (Å²) in [7, 11) is 0. The summed E-state index contributed by atoms with van der Waals surface area (Å²) in [5.41, 5.74) is -0.194. The van der Waals surface area contributed by atoms with E-state index in [-0.39, 0.29) is 17.9 Å². The summed E-state index contributed by atoms with van der Waals surface area (Å²) in [5, 5.41) is 8.60. The summed E-state index contributed by atoms with van der Waals surface area (Å²) >= 11 is 0. The number of carboxylic acids is 1. The number of hydrogen-bond donors (Lipinski definition) is 1. The van der Waals surface area contributed by atoms with Gasteiger partial charge in [0, 0.05) is 31.3 Å². The maximum atomic E-state index is 13.7. The van der Waals surface area contributed by atoms with E-state index in [0.29, 0.717) is 19.8 Å². The molecule has 1 N–H and O–H groups in total. The third kappa shape index (κ3) is 4.64. The molecule has 1 aromatic rings. The predicted molar refractivity (Wildman–Crippen MR) is 70.5 cm³/mol. The van der Waals surface area contributed by atoms with Gasteiger partial charge in [0.25, 0.3) is 0 Å². The van der Waals surface area contributed by atoms with Crippen LogP contribution < -0.4 is 4.74 Å². The molecule has 5 nitrogen and oxygen atoms in total. The Morgan fingerprint density at radius 1 is 1.29 bits per heavy atom. The molecule has 7 heteroatoms. The molecular formula is C14H17F2NO4. The molecule has 0 unspecified atom stereocenters. The van der Waals surface area contributed by atoms with Crippen LogP contribution in [0.2, 0.25) is 0 Å². The summed E-state index contributed by atoms with van der Waals surface area (Å²) in [4.78, 5) is 12.6. The van der Waals surface area contributed by atoms with Crippen molar-refractivity contribution in [2.45, 2.75) is 6.42 Å². The fourth-order valence-corrected chi connectivity index (χ4v) is 2.09. The highest BCUT2D eigenvalue weighted by atomic mass is 19.1. The van der Waals surface area contributed by atoms with E-state index < -0.39 is 24.0 Å². The number of benzene rings is 1. The smallest absolute Gasteiger partial charge is 0.307 e. The molecule has 1 fully saturated rings. The minimum absolute atomic E-state index is 0.194. The molecule has 0 atom stereocenters. The molecule has 1 aromatic carbocycles. The van der Waals surface area contributed by atoms with Gasteiger partial charge in [-0.3, -0.25) is 9.69 Å². The van der Waals surface area contributed by atoms with Crippen LogP contribution >= 0.6 is 0 Å². The quantitative estimate of drug-likeness (QED) is 0.858. The number of halogens is 2. The van der Waals surface area contributed by atoms with E-state index in [1.165, 1.54) is 0 Å². The van der Waals surface area contributed by atoms with Crippen LogP contribution in [0.5, 0.6) is 5.75 Å². The Morgan fingerprint density at radius 2 is 2.00 bits per heavy atom. The van der Waals surface area contributed by atoms with Crippen molar-refractivity contribution in [2.75, 3.05) is 39.5 Å². The van der Waals surface area contributed by atoms with Gasteiger partial charge in [-0.25, -0.2) is 8.78 Å². The van der Waals surface area contributed by atoms with Gasteiger partial charge >= 0.3 is 5.97 Å². The fraction of sp³-hybridized carbons (Fsp3) is 0.500. The first-order chi connectivity index (χ1) is 10.1. The molecular weight excluding hydrogens is 284 g/mol. The van der Waals surface area contributed by atoms with Crippen LogP contribution in [0, 0.1) is 11.6 Å². The number of hydrogen-bond acceptors (Lipinski definition) is 4. The Kier molecular flexibility index (Phi) is 5.46. The molecule has 0 saturated carbocycles. The lowest BCUT2D eigenvalue weighted by Crippen LogP contribution is -2.38. The van der Waals surface area contributed by atoms with Crippen LogP contribution in [-0.4, -0.2) is 55.4 Å². The van der Waals surface area contributed by atoms with Crippen molar-refractivity contribution in [2.24, 2.45) is 0 Å². The van der Waals surface area contributed by atoms with Crippen LogP contribution in [0.25, 0.3) is 0 Å². The number of carboxylic acid groups (broad SMARTS) is 1. The molecule has 1 aliphatic rings. The molecule has 1 heterocycles. The number of aliphatic carboxylic acids is 1. The zero-order chi connectivity index (χ0) is 15.2. The van der Waals surface area contributed by atoms with E-state index in [2.05, 4.69) is 4.90 Å². The van der Waals surface area contributed by atoms with E-state index >= 15 is 0 Å². The second kappa shape index (κ2) is 7.33. The number of ether oxygens (including phenoxy) is 2. The molecule has 0 aliphatic carbocycles. The SMILES string of the molecule is O=C(O)Cc1cc(F)c(OCCN2CCOCC2)cc1F. The molecule has 1 saturated heterocycles. The first-order valence-electron chi connectivity index (χ1n) is 6.69. The minimum Gasteiger partial charge on any atom is -0.489 e. The van der Waals surface area contributed by atoms with Crippen molar-refractivity contribution < 1.29 is 28.2 Å². The van der Waals surface area contributed by atoms with Crippen molar-refractivity contribution in [3.8, 4) is 5.75 Å². The third-order valence-corrected chi connectivity index (χ3v) is 3.21. The highest BCUT2D eigenvalue weighted by Gasteiger charge is 2.14. The van der Waals surface area contributed by atoms with Crippen molar-refractivity contribution in [3.05, 3.63) is 29.3 Å². The molecule has 2 rings (SSSR count). The summed E-state index contributed by atoms with van der Waals surface area (Å²) < 4.78 is 37.8. The highest BCUT2D eigenvalue weighted by Crippen LogP contribution is 2.22. The van der Waals surface area contributed by atoms with E-state index in [0.717, 1.165) is 25.2 Å². The zero-order valence-corrected chi connectivity index (χ0v) is 11.5. The van der Waals surface area contributed by atoms with Gasteiger partial charge in [0.15, 0.2) is 11.6 Å². The average molecular weight is 301 g/mol. The van der Waals surface area contributed by atoms with Gasteiger partial charge in [-0.2, -0.15) is 0 Å². The molecule has 1 aliphatic heterocycles. The lowest BCUT2D eigenvalue weighted by Gasteiger charge is -2.26. The van der Waals surface area contributed by atoms with Crippen LogP contribution in [0.4, 0.5) is 8.78 Å². The maximum Gasteiger partial charge on any atom is 0.307 e. The van der Waals surface area contributed by atoms with Crippen LogP contribution in [0.3, 0.4) is 0 Å².